The molecule has 0 saturated carbocycles. The van der Waals surface area contributed by atoms with Crippen molar-refractivity contribution in [3.63, 3.8) is 0 Å². The van der Waals surface area contributed by atoms with Gasteiger partial charge in [-0.05, 0) is 32.0 Å². The number of sulfonamides is 1. The molecule has 0 fully saturated rings. The summed E-state index contributed by atoms with van der Waals surface area (Å²) in [5.41, 5.74) is 6.04. The van der Waals surface area contributed by atoms with E-state index in [1.54, 1.807) is 20.8 Å². The zero-order valence-electron chi connectivity index (χ0n) is 14.2. The van der Waals surface area contributed by atoms with E-state index >= 15 is 0 Å². The monoisotopic (exact) mass is 343 g/mol. The maximum atomic E-state index is 12.2. The number of anilines is 1. The number of hydrogen-bond acceptors (Lipinski definition) is 5. The SMILES string of the molecule is CCOc1ccc(S(=O)(=O)N(C)C)cc1NC(=O)C(C)C(C)N. The van der Waals surface area contributed by atoms with Crippen LogP contribution in [0.2, 0.25) is 0 Å². The molecule has 2 unspecified atom stereocenters. The van der Waals surface area contributed by atoms with E-state index in [2.05, 4.69) is 5.32 Å². The number of nitrogens with two attached hydrogens (primary N) is 1. The summed E-state index contributed by atoms with van der Waals surface area (Å²) in [6, 6.07) is 4.06. The third kappa shape index (κ3) is 4.66. The molecule has 1 rings (SSSR count). The highest BCUT2D eigenvalue weighted by molar-refractivity contribution is 7.89. The van der Waals surface area contributed by atoms with E-state index < -0.39 is 15.9 Å². The lowest BCUT2D eigenvalue weighted by atomic mass is 10.0. The van der Waals surface area contributed by atoms with Crippen LogP contribution in [-0.4, -0.2) is 45.4 Å². The second-order valence-corrected chi connectivity index (χ2v) is 7.67. The van der Waals surface area contributed by atoms with E-state index in [1.807, 2.05) is 0 Å². The lowest BCUT2D eigenvalue weighted by molar-refractivity contribution is -0.119. The van der Waals surface area contributed by atoms with Gasteiger partial charge in [0.15, 0.2) is 0 Å². The Morgan fingerprint density at radius 1 is 1.35 bits per heavy atom. The second kappa shape index (κ2) is 7.76. The highest BCUT2D eigenvalue weighted by atomic mass is 32.2. The van der Waals surface area contributed by atoms with Crippen LogP contribution in [0.4, 0.5) is 5.69 Å². The van der Waals surface area contributed by atoms with E-state index in [9.17, 15) is 13.2 Å². The maximum Gasteiger partial charge on any atom is 0.242 e. The van der Waals surface area contributed by atoms with Crippen molar-refractivity contribution in [2.45, 2.75) is 31.7 Å². The standard InChI is InChI=1S/C15H25N3O4S/c1-6-22-14-8-7-12(23(20,21)18(4)5)9-13(14)17-15(19)10(2)11(3)16/h7-11H,6,16H2,1-5H3,(H,17,19). The predicted molar refractivity (Wildman–Crippen MR) is 89.9 cm³/mol. The molecule has 0 bridgehead atoms. The predicted octanol–water partition coefficient (Wildman–Crippen LogP) is 1.26. The average molecular weight is 343 g/mol. The Balaban J connectivity index is 3.24. The van der Waals surface area contributed by atoms with E-state index in [-0.39, 0.29) is 16.8 Å². The van der Waals surface area contributed by atoms with Crippen LogP contribution < -0.4 is 15.8 Å². The van der Waals surface area contributed by atoms with Crippen LogP contribution in [0.5, 0.6) is 5.75 Å². The summed E-state index contributed by atoms with van der Waals surface area (Å²) in [6.45, 7) is 5.65. The zero-order valence-corrected chi connectivity index (χ0v) is 15.0. The van der Waals surface area contributed by atoms with Crippen LogP contribution in [0.15, 0.2) is 23.1 Å². The summed E-state index contributed by atoms with van der Waals surface area (Å²) in [5.74, 6) is -0.297. The first-order chi connectivity index (χ1) is 10.6. The van der Waals surface area contributed by atoms with Gasteiger partial charge in [-0.2, -0.15) is 0 Å². The molecule has 130 valence electrons. The smallest absolute Gasteiger partial charge is 0.242 e. The number of amides is 1. The third-order valence-corrected chi connectivity index (χ3v) is 5.30. The fourth-order valence-electron chi connectivity index (χ4n) is 1.74. The van der Waals surface area contributed by atoms with Gasteiger partial charge in [-0.1, -0.05) is 6.92 Å². The molecule has 0 aliphatic rings. The highest BCUT2D eigenvalue weighted by Gasteiger charge is 2.22. The molecule has 0 heterocycles. The van der Waals surface area contributed by atoms with E-state index in [0.29, 0.717) is 18.0 Å². The van der Waals surface area contributed by atoms with Crippen molar-refractivity contribution < 1.29 is 17.9 Å². The summed E-state index contributed by atoms with van der Waals surface area (Å²) in [5, 5.41) is 2.70. The van der Waals surface area contributed by atoms with Crippen LogP contribution in [0, 0.1) is 5.92 Å². The Hall–Kier alpha value is -1.64. The topological polar surface area (TPSA) is 102 Å². The summed E-state index contributed by atoms with van der Waals surface area (Å²) >= 11 is 0. The first-order valence-corrected chi connectivity index (χ1v) is 8.81. The summed E-state index contributed by atoms with van der Waals surface area (Å²) < 4.78 is 31.0. The van der Waals surface area contributed by atoms with Crippen LogP contribution in [0.1, 0.15) is 20.8 Å². The number of ether oxygens (including phenoxy) is 1. The molecule has 1 amide bonds. The number of carbonyl (C=O) groups excluding carboxylic acids is 1. The van der Waals surface area contributed by atoms with Crippen molar-refractivity contribution in [2.24, 2.45) is 11.7 Å². The van der Waals surface area contributed by atoms with Gasteiger partial charge in [0.25, 0.3) is 0 Å². The third-order valence-electron chi connectivity index (χ3n) is 3.49. The van der Waals surface area contributed by atoms with Crippen molar-refractivity contribution >= 4 is 21.6 Å². The van der Waals surface area contributed by atoms with Gasteiger partial charge in [-0.15, -0.1) is 0 Å². The van der Waals surface area contributed by atoms with Crippen molar-refractivity contribution in [1.29, 1.82) is 0 Å². The molecule has 0 aromatic heterocycles. The molecular weight excluding hydrogens is 318 g/mol. The Morgan fingerprint density at radius 3 is 2.43 bits per heavy atom. The van der Waals surface area contributed by atoms with Crippen LogP contribution in [-0.2, 0) is 14.8 Å². The van der Waals surface area contributed by atoms with Gasteiger partial charge in [0.05, 0.1) is 23.1 Å². The molecule has 0 aliphatic heterocycles. The lowest BCUT2D eigenvalue weighted by Gasteiger charge is -2.19. The Kier molecular flexibility index (Phi) is 6.55. The van der Waals surface area contributed by atoms with Gasteiger partial charge in [-0.3, -0.25) is 4.79 Å². The molecule has 1 aromatic rings. The van der Waals surface area contributed by atoms with Crippen molar-refractivity contribution in [3.05, 3.63) is 18.2 Å². The maximum absolute atomic E-state index is 12.2. The lowest BCUT2D eigenvalue weighted by Crippen LogP contribution is -2.34. The Labute approximate surface area is 137 Å². The molecule has 0 saturated heterocycles. The highest BCUT2D eigenvalue weighted by Crippen LogP contribution is 2.29. The molecule has 0 radical (unpaired) electrons. The second-order valence-electron chi connectivity index (χ2n) is 5.52. The number of benzene rings is 1. The van der Waals surface area contributed by atoms with E-state index in [4.69, 9.17) is 10.5 Å². The first-order valence-electron chi connectivity index (χ1n) is 7.37. The molecule has 1 aromatic carbocycles. The molecule has 7 nitrogen and oxygen atoms in total. The molecule has 2 atom stereocenters. The molecule has 23 heavy (non-hydrogen) atoms. The number of carbonyl (C=O) groups is 1. The van der Waals surface area contributed by atoms with Crippen molar-refractivity contribution in [2.75, 3.05) is 26.0 Å². The minimum absolute atomic E-state index is 0.0784. The summed E-state index contributed by atoms with van der Waals surface area (Å²) in [7, 11) is -0.708. The van der Waals surface area contributed by atoms with Crippen molar-refractivity contribution in [1.82, 2.24) is 4.31 Å². The number of nitrogens with zero attached hydrogens (tertiary/aromatic N) is 1. The van der Waals surface area contributed by atoms with E-state index in [0.717, 1.165) is 4.31 Å². The molecule has 0 aliphatic carbocycles. The molecule has 8 heteroatoms. The van der Waals surface area contributed by atoms with Gasteiger partial charge >= 0.3 is 0 Å². The van der Waals surface area contributed by atoms with Crippen LogP contribution in [0.25, 0.3) is 0 Å². The van der Waals surface area contributed by atoms with Gasteiger partial charge in [-0.25, -0.2) is 12.7 Å². The minimum atomic E-state index is -3.60. The van der Waals surface area contributed by atoms with Gasteiger partial charge in [0.1, 0.15) is 5.75 Å². The van der Waals surface area contributed by atoms with Gasteiger partial charge in [0.2, 0.25) is 15.9 Å². The molecular formula is C15H25N3O4S. The van der Waals surface area contributed by atoms with Crippen LogP contribution >= 0.6 is 0 Å². The molecule has 3 N–H and O–H groups in total. The number of rotatable bonds is 7. The minimum Gasteiger partial charge on any atom is -0.492 e. The zero-order chi connectivity index (χ0) is 17.8. The summed E-state index contributed by atoms with van der Waals surface area (Å²) in [4.78, 5) is 12.3. The number of nitrogens with one attached hydrogen (secondary N) is 1. The van der Waals surface area contributed by atoms with E-state index in [1.165, 1.54) is 32.3 Å². The number of hydrogen-bond donors (Lipinski definition) is 2. The van der Waals surface area contributed by atoms with Gasteiger partial charge in [0, 0.05) is 20.1 Å². The normalized spacial score (nSPS) is 14.4. The fraction of sp³-hybridized carbons (Fsp3) is 0.533. The average Bonchev–Trinajstić information content (AvgIpc) is 2.47. The quantitative estimate of drug-likeness (QED) is 0.776. The molecule has 0 spiro atoms. The Morgan fingerprint density at radius 2 is 1.96 bits per heavy atom. The Bertz CT molecular complexity index is 657. The first kappa shape index (κ1) is 19.4. The van der Waals surface area contributed by atoms with Crippen LogP contribution in [0.3, 0.4) is 0 Å². The van der Waals surface area contributed by atoms with Gasteiger partial charge < -0.3 is 15.8 Å². The summed E-state index contributed by atoms with van der Waals surface area (Å²) in [6.07, 6.45) is 0. The fourth-order valence-corrected chi connectivity index (χ4v) is 2.67. The largest absolute Gasteiger partial charge is 0.492 e. The van der Waals surface area contributed by atoms with Crippen molar-refractivity contribution in [3.8, 4) is 5.75 Å².